The van der Waals surface area contributed by atoms with Gasteiger partial charge in [-0.3, -0.25) is 4.90 Å². The summed E-state index contributed by atoms with van der Waals surface area (Å²) in [6.45, 7) is 6.28. The van der Waals surface area contributed by atoms with E-state index in [0.29, 0.717) is 0 Å². The minimum atomic E-state index is 0.732. The van der Waals surface area contributed by atoms with Crippen molar-refractivity contribution in [2.24, 2.45) is 0 Å². The topological polar surface area (TPSA) is 40.7 Å². The summed E-state index contributed by atoms with van der Waals surface area (Å²) < 4.78 is 11.2. The lowest BCUT2D eigenvalue weighted by atomic mass is 10.1. The van der Waals surface area contributed by atoms with Crippen LogP contribution in [-0.4, -0.2) is 56.3 Å². The van der Waals surface area contributed by atoms with Gasteiger partial charge in [-0.15, -0.1) is 0 Å². The number of aromatic amines is 1. The lowest BCUT2D eigenvalue weighted by Gasteiger charge is -2.36. The first-order valence-corrected chi connectivity index (χ1v) is 10.1. The van der Waals surface area contributed by atoms with Crippen molar-refractivity contribution >= 4 is 16.6 Å². The Morgan fingerprint density at radius 3 is 2.54 bits per heavy atom. The van der Waals surface area contributed by atoms with Gasteiger partial charge in [0.1, 0.15) is 0 Å². The second kappa shape index (κ2) is 9.02. The van der Waals surface area contributed by atoms with E-state index in [0.717, 1.165) is 63.7 Å². The molecule has 28 heavy (non-hydrogen) atoms. The van der Waals surface area contributed by atoms with Crippen molar-refractivity contribution < 1.29 is 9.47 Å². The van der Waals surface area contributed by atoms with Gasteiger partial charge < -0.3 is 19.4 Å². The number of piperazine rings is 1. The standard InChI is InChI=1S/C23H29N3O2/c1-27-22-9-2-3-10-23(22)28-18-5-4-13-25-14-16-26(17-15-25)21-8-6-7-20-19(21)11-12-24-20/h2-3,6-12,24H,4-5,13-18H2,1H3. The van der Waals surface area contributed by atoms with E-state index in [1.807, 2.05) is 30.5 Å². The summed E-state index contributed by atoms with van der Waals surface area (Å²) in [4.78, 5) is 8.39. The van der Waals surface area contributed by atoms with Crippen molar-refractivity contribution in [3.63, 3.8) is 0 Å². The van der Waals surface area contributed by atoms with Crippen LogP contribution >= 0.6 is 0 Å². The number of anilines is 1. The van der Waals surface area contributed by atoms with Crippen molar-refractivity contribution in [3.05, 3.63) is 54.7 Å². The number of rotatable bonds is 8. The lowest BCUT2D eigenvalue weighted by molar-refractivity contribution is 0.236. The van der Waals surface area contributed by atoms with Crippen molar-refractivity contribution in [2.75, 3.05) is 51.3 Å². The smallest absolute Gasteiger partial charge is 0.161 e. The molecular weight excluding hydrogens is 350 g/mol. The Labute approximate surface area is 166 Å². The van der Waals surface area contributed by atoms with E-state index < -0.39 is 0 Å². The molecule has 148 valence electrons. The Morgan fingerprint density at radius 1 is 0.893 bits per heavy atom. The van der Waals surface area contributed by atoms with Crippen LogP contribution in [0.25, 0.3) is 10.9 Å². The van der Waals surface area contributed by atoms with Gasteiger partial charge in [-0.25, -0.2) is 0 Å². The van der Waals surface area contributed by atoms with Gasteiger partial charge in [0, 0.05) is 49.0 Å². The molecule has 4 rings (SSSR count). The van der Waals surface area contributed by atoms with E-state index in [9.17, 15) is 0 Å². The number of unbranched alkanes of at least 4 members (excludes halogenated alkanes) is 1. The quantitative estimate of drug-likeness (QED) is 0.597. The second-order valence-electron chi connectivity index (χ2n) is 7.25. The molecule has 0 saturated carbocycles. The van der Waals surface area contributed by atoms with Gasteiger partial charge in [0.25, 0.3) is 0 Å². The maximum atomic E-state index is 5.87. The number of methoxy groups -OCH3 is 1. The van der Waals surface area contributed by atoms with Crippen LogP contribution in [0.1, 0.15) is 12.8 Å². The number of nitrogens with one attached hydrogen (secondary N) is 1. The Morgan fingerprint density at radius 2 is 1.71 bits per heavy atom. The van der Waals surface area contributed by atoms with Crippen molar-refractivity contribution in [2.45, 2.75) is 12.8 Å². The minimum absolute atomic E-state index is 0.732. The van der Waals surface area contributed by atoms with E-state index in [4.69, 9.17) is 9.47 Å². The van der Waals surface area contributed by atoms with Crippen LogP contribution < -0.4 is 14.4 Å². The molecule has 0 amide bonds. The summed E-state index contributed by atoms with van der Waals surface area (Å²) in [5, 5.41) is 1.32. The molecule has 1 saturated heterocycles. The molecule has 0 bridgehead atoms. The van der Waals surface area contributed by atoms with E-state index in [2.05, 4.69) is 39.0 Å². The molecule has 0 unspecified atom stereocenters. The largest absolute Gasteiger partial charge is 0.493 e. The maximum absolute atomic E-state index is 5.87. The molecule has 1 fully saturated rings. The molecule has 1 aliphatic heterocycles. The average Bonchev–Trinajstić information content (AvgIpc) is 3.23. The normalized spacial score (nSPS) is 15.1. The van der Waals surface area contributed by atoms with Crippen molar-refractivity contribution in [3.8, 4) is 11.5 Å². The number of para-hydroxylation sites is 2. The first-order chi connectivity index (χ1) is 13.8. The van der Waals surface area contributed by atoms with Crippen LogP contribution in [0.3, 0.4) is 0 Å². The molecule has 0 atom stereocenters. The SMILES string of the molecule is COc1ccccc1OCCCCN1CCN(c2cccc3[nH]ccc23)CC1. The van der Waals surface area contributed by atoms with Crippen LogP contribution in [0.5, 0.6) is 11.5 Å². The number of fused-ring (bicyclic) bond motifs is 1. The lowest BCUT2D eigenvalue weighted by Crippen LogP contribution is -2.46. The highest BCUT2D eigenvalue weighted by Gasteiger charge is 2.18. The van der Waals surface area contributed by atoms with Gasteiger partial charge in [0.05, 0.1) is 13.7 Å². The third-order valence-corrected chi connectivity index (χ3v) is 5.48. The van der Waals surface area contributed by atoms with E-state index in [1.165, 1.54) is 16.6 Å². The van der Waals surface area contributed by atoms with Gasteiger partial charge in [-0.1, -0.05) is 18.2 Å². The molecule has 1 N–H and O–H groups in total. The molecule has 0 aliphatic carbocycles. The van der Waals surface area contributed by atoms with Crippen LogP contribution in [-0.2, 0) is 0 Å². The average molecular weight is 380 g/mol. The number of hydrogen-bond acceptors (Lipinski definition) is 4. The molecule has 0 radical (unpaired) electrons. The van der Waals surface area contributed by atoms with Crippen molar-refractivity contribution in [1.82, 2.24) is 9.88 Å². The van der Waals surface area contributed by atoms with Gasteiger partial charge >= 0.3 is 0 Å². The number of H-pyrrole nitrogens is 1. The molecule has 2 heterocycles. The molecular formula is C23H29N3O2. The third-order valence-electron chi connectivity index (χ3n) is 5.48. The first-order valence-electron chi connectivity index (χ1n) is 10.1. The Balaban J connectivity index is 1.18. The Kier molecular flexibility index (Phi) is 6.02. The molecule has 5 nitrogen and oxygen atoms in total. The number of aromatic nitrogens is 1. The molecule has 0 spiro atoms. The number of benzene rings is 2. The zero-order valence-corrected chi connectivity index (χ0v) is 16.6. The van der Waals surface area contributed by atoms with E-state index in [-0.39, 0.29) is 0 Å². The van der Waals surface area contributed by atoms with E-state index in [1.54, 1.807) is 7.11 Å². The minimum Gasteiger partial charge on any atom is -0.493 e. The molecule has 1 aromatic heterocycles. The summed E-state index contributed by atoms with van der Waals surface area (Å²) in [6, 6.07) is 16.5. The molecule has 5 heteroatoms. The monoisotopic (exact) mass is 379 g/mol. The molecule has 1 aliphatic rings. The van der Waals surface area contributed by atoms with Crippen LogP contribution in [0.2, 0.25) is 0 Å². The highest BCUT2D eigenvalue weighted by atomic mass is 16.5. The Bertz CT molecular complexity index is 884. The summed E-state index contributed by atoms with van der Waals surface area (Å²) >= 11 is 0. The maximum Gasteiger partial charge on any atom is 0.161 e. The second-order valence-corrected chi connectivity index (χ2v) is 7.25. The first kappa shape index (κ1) is 18.7. The van der Waals surface area contributed by atoms with E-state index >= 15 is 0 Å². The summed E-state index contributed by atoms with van der Waals surface area (Å²) in [6.07, 6.45) is 4.24. The van der Waals surface area contributed by atoms with Crippen LogP contribution in [0.15, 0.2) is 54.7 Å². The summed E-state index contributed by atoms with van der Waals surface area (Å²) in [5.74, 6) is 1.63. The Hall–Kier alpha value is -2.66. The molecule has 3 aromatic rings. The zero-order valence-electron chi connectivity index (χ0n) is 16.6. The fraction of sp³-hybridized carbons (Fsp3) is 0.391. The summed E-state index contributed by atoms with van der Waals surface area (Å²) in [5.41, 5.74) is 2.57. The summed E-state index contributed by atoms with van der Waals surface area (Å²) in [7, 11) is 1.68. The number of hydrogen-bond donors (Lipinski definition) is 1. The molecule has 2 aromatic carbocycles. The fourth-order valence-electron chi connectivity index (χ4n) is 3.91. The number of ether oxygens (including phenoxy) is 2. The van der Waals surface area contributed by atoms with Crippen LogP contribution in [0.4, 0.5) is 5.69 Å². The van der Waals surface area contributed by atoms with Crippen LogP contribution in [0, 0.1) is 0 Å². The third kappa shape index (κ3) is 4.25. The van der Waals surface area contributed by atoms with Gasteiger partial charge in [0.15, 0.2) is 11.5 Å². The van der Waals surface area contributed by atoms with Gasteiger partial charge in [0.2, 0.25) is 0 Å². The van der Waals surface area contributed by atoms with Crippen molar-refractivity contribution in [1.29, 1.82) is 0 Å². The number of nitrogens with zero attached hydrogens (tertiary/aromatic N) is 2. The van der Waals surface area contributed by atoms with Gasteiger partial charge in [-0.05, 0) is 49.7 Å². The highest BCUT2D eigenvalue weighted by Crippen LogP contribution is 2.27. The predicted molar refractivity (Wildman–Crippen MR) is 115 cm³/mol. The predicted octanol–water partition coefficient (Wildman–Crippen LogP) is 4.16. The van der Waals surface area contributed by atoms with Gasteiger partial charge in [-0.2, -0.15) is 0 Å². The zero-order chi connectivity index (χ0) is 19.2. The fourth-order valence-corrected chi connectivity index (χ4v) is 3.91. The highest BCUT2D eigenvalue weighted by molar-refractivity contribution is 5.92.